The van der Waals surface area contributed by atoms with E-state index in [1.54, 1.807) is 21.3 Å². The third-order valence-electron chi connectivity index (χ3n) is 6.64. The zero-order valence-electron chi connectivity index (χ0n) is 19.6. The lowest BCUT2D eigenvalue weighted by Gasteiger charge is -2.30. The molecule has 0 saturated heterocycles. The van der Waals surface area contributed by atoms with Crippen molar-refractivity contribution in [2.24, 2.45) is 0 Å². The molecule has 3 aromatic rings. The summed E-state index contributed by atoms with van der Waals surface area (Å²) in [5, 5.41) is 7.19. The molecule has 1 aliphatic heterocycles. The molecular weight excluding hydrogens is 428 g/mol. The van der Waals surface area contributed by atoms with Gasteiger partial charge in [-0.15, -0.1) is 0 Å². The molecule has 0 saturated carbocycles. The predicted octanol–water partition coefficient (Wildman–Crippen LogP) is 5.69. The first kappa shape index (κ1) is 21.9. The number of methoxy groups -OCH3 is 3. The first-order chi connectivity index (χ1) is 16.6. The lowest BCUT2D eigenvalue weighted by molar-refractivity contribution is -0.116. The van der Waals surface area contributed by atoms with Crippen LogP contribution < -0.4 is 24.8 Å². The van der Waals surface area contributed by atoms with E-state index in [9.17, 15) is 4.79 Å². The van der Waals surface area contributed by atoms with E-state index >= 15 is 0 Å². The molecule has 0 unspecified atom stereocenters. The number of anilines is 2. The maximum absolute atomic E-state index is 13.7. The molecule has 0 radical (unpaired) electrons. The highest BCUT2D eigenvalue weighted by Gasteiger charge is 2.36. The molecule has 2 atom stereocenters. The fourth-order valence-corrected chi connectivity index (χ4v) is 4.88. The number of nitrogens with one attached hydrogen (secondary N) is 2. The Morgan fingerprint density at radius 3 is 2.18 bits per heavy atom. The number of fused-ring (bicyclic) bond motifs is 1. The molecule has 0 fully saturated rings. The zero-order chi connectivity index (χ0) is 23.7. The Morgan fingerprint density at radius 2 is 1.47 bits per heavy atom. The van der Waals surface area contributed by atoms with E-state index in [1.165, 1.54) is 0 Å². The van der Waals surface area contributed by atoms with Crippen LogP contribution in [0.4, 0.5) is 11.4 Å². The minimum Gasteiger partial charge on any atom is -0.497 e. The van der Waals surface area contributed by atoms with Crippen molar-refractivity contribution in [1.29, 1.82) is 0 Å². The van der Waals surface area contributed by atoms with Gasteiger partial charge in [0.2, 0.25) is 0 Å². The Morgan fingerprint density at radius 1 is 0.765 bits per heavy atom. The molecule has 174 valence electrons. The van der Waals surface area contributed by atoms with Crippen LogP contribution in [0, 0.1) is 0 Å². The molecule has 6 heteroatoms. The molecule has 2 N–H and O–H groups in total. The SMILES string of the molecule is COc1ccc([C@H]2Nc3ccccc3NC3=C2C(=O)C[C@@H](c2ccc(OC)c(OC)c2)C3)cc1. The van der Waals surface area contributed by atoms with Crippen molar-refractivity contribution in [3.8, 4) is 17.2 Å². The van der Waals surface area contributed by atoms with Crippen molar-refractivity contribution < 1.29 is 19.0 Å². The first-order valence-electron chi connectivity index (χ1n) is 11.4. The molecule has 1 aliphatic carbocycles. The van der Waals surface area contributed by atoms with E-state index in [4.69, 9.17) is 14.2 Å². The second-order valence-electron chi connectivity index (χ2n) is 8.56. The summed E-state index contributed by atoms with van der Waals surface area (Å²) in [7, 11) is 4.90. The smallest absolute Gasteiger partial charge is 0.163 e. The standard InChI is InChI=1S/C28H28N2O4/c1-32-20-11-8-17(9-12-20)28-27-23(29-21-6-4-5-7-22(21)30-28)14-19(15-24(27)31)18-10-13-25(33-2)26(16-18)34-3/h4-13,16,19,28-30H,14-15H2,1-3H3/t19-,28+/m0/s1. The highest BCUT2D eigenvalue weighted by atomic mass is 16.5. The predicted molar refractivity (Wildman–Crippen MR) is 133 cm³/mol. The summed E-state index contributed by atoms with van der Waals surface area (Å²) in [5.74, 6) is 2.31. The number of carbonyl (C=O) groups excluding carboxylic acids is 1. The van der Waals surface area contributed by atoms with Crippen molar-refractivity contribution in [3.63, 3.8) is 0 Å². The maximum atomic E-state index is 13.7. The number of para-hydroxylation sites is 2. The van der Waals surface area contributed by atoms with Gasteiger partial charge in [-0.25, -0.2) is 0 Å². The normalized spacial score (nSPS) is 19.2. The van der Waals surface area contributed by atoms with Gasteiger partial charge < -0.3 is 24.8 Å². The van der Waals surface area contributed by atoms with Crippen molar-refractivity contribution in [1.82, 2.24) is 0 Å². The van der Waals surface area contributed by atoms with Crippen LogP contribution in [-0.2, 0) is 4.79 Å². The number of ketones is 1. The Kier molecular flexibility index (Phi) is 5.88. The van der Waals surface area contributed by atoms with Crippen molar-refractivity contribution in [2.45, 2.75) is 24.8 Å². The molecule has 1 heterocycles. The van der Waals surface area contributed by atoms with E-state index in [1.807, 2.05) is 66.7 Å². The molecule has 2 aliphatic rings. The van der Waals surface area contributed by atoms with Crippen LogP contribution in [0.15, 0.2) is 78.0 Å². The average Bonchev–Trinajstić information content (AvgIpc) is 3.05. The molecule has 0 spiro atoms. The van der Waals surface area contributed by atoms with E-state index in [-0.39, 0.29) is 17.7 Å². The molecule has 0 amide bonds. The minimum absolute atomic E-state index is 0.0420. The molecule has 0 aromatic heterocycles. The molecular formula is C28H28N2O4. The fourth-order valence-electron chi connectivity index (χ4n) is 4.88. The van der Waals surface area contributed by atoms with Gasteiger partial charge in [0.1, 0.15) is 5.75 Å². The minimum atomic E-state index is -0.254. The largest absolute Gasteiger partial charge is 0.497 e. The average molecular weight is 457 g/mol. The monoisotopic (exact) mass is 456 g/mol. The summed E-state index contributed by atoms with van der Waals surface area (Å²) in [6.07, 6.45) is 1.15. The quantitative estimate of drug-likeness (QED) is 0.514. The van der Waals surface area contributed by atoms with Crippen molar-refractivity contribution in [3.05, 3.63) is 89.1 Å². The van der Waals surface area contributed by atoms with Gasteiger partial charge in [-0.2, -0.15) is 0 Å². The van der Waals surface area contributed by atoms with E-state index in [2.05, 4.69) is 10.6 Å². The molecule has 6 nitrogen and oxygen atoms in total. The van der Waals surface area contributed by atoms with Crippen LogP contribution in [0.5, 0.6) is 17.2 Å². The number of rotatable bonds is 5. The van der Waals surface area contributed by atoms with Crippen LogP contribution in [0.2, 0.25) is 0 Å². The molecule has 0 bridgehead atoms. The van der Waals surface area contributed by atoms with E-state index in [0.29, 0.717) is 17.9 Å². The summed E-state index contributed by atoms with van der Waals surface area (Å²) in [6, 6.07) is 21.6. The first-order valence-corrected chi connectivity index (χ1v) is 11.4. The summed E-state index contributed by atoms with van der Waals surface area (Å²) >= 11 is 0. The topological polar surface area (TPSA) is 68.8 Å². The van der Waals surface area contributed by atoms with Gasteiger partial charge in [0.05, 0.1) is 38.7 Å². The van der Waals surface area contributed by atoms with Crippen LogP contribution in [-0.4, -0.2) is 27.1 Å². The highest BCUT2D eigenvalue weighted by molar-refractivity contribution is 6.01. The zero-order valence-corrected chi connectivity index (χ0v) is 19.6. The molecule has 3 aromatic carbocycles. The van der Waals surface area contributed by atoms with Crippen molar-refractivity contribution in [2.75, 3.05) is 32.0 Å². The van der Waals surface area contributed by atoms with E-state index < -0.39 is 0 Å². The summed E-state index contributed by atoms with van der Waals surface area (Å²) in [5.41, 5.74) is 5.75. The Hall–Kier alpha value is -3.93. The molecule has 5 rings (SSSR count). The summed E-state index contributed by atoms with van der Waals surface area (Å²) in [4.78, 5) is 13.7. The van der Waals surface area contributed by atoms with Gasteiger partial charge in [0, 0.05) is 17.7 Å². The van der Waals surface area contributed by atoms with Gasteiger partial charge in [-0.05, 0) is 59.9 Å². The van der Waals surface area contributed by atoms with Gasteiger partial charge in [0.15, 0.2) is 17.3 Å². The second kappa shape index (κ2) is 9.14. The van der Waals surface area contributed by atoms with Gasteiger partial charge >= 0.3 is 0 Å². The fraction of sp³-hybridized carbons (Fsp3) is 0.250. The number of benzene rings is 3. The highest BCUT2D eigenvalue weighted by Crippen LogP contribution is 2.45. The number of ether oxygens (including phenoxy) is 3. The number of Topliss-reactive ketones (excluding diaryl/α,β-unsaturated/α-hetero) is 1. The number of hydrogen-bond donors (Lipinski definition) is 2. The van der Waals surface area contributed by atoms with Crippen molar-refractivity contribution >= 4 is 17.2 Å². The second-order valence-corrected chi connectivity index (χ2v) is 8.56. The van der Waals surface area contributed by atoms with E-state index in [0.717, 1.165) is 45.9 Å². The van der Waals surface area contributed by atoms with Gasteiger partial charge in [-0.1, -0.05) is 30.3 Å². The van der Waals surface area contributed by atoms with Crippen LogP contribution in [0.3, 0.4) is 0 Å². The summed E-state index contributed by atoms with van der Waals surface area (Å²) < 4.78 is 16.2. The van der Waals surface area contributed by atoms with Crippen LogP contribution in [0.1, 0.15) is 35.9 Å². The number of allylic oxidation sites excluding steroid dienone is 1. The summed E-state index contributed by atoms with van der Waals surface area (Å²) in [6.45, 7) is 0. The number of hydrogen-bond acceptors (Lipinski definition) is 6. The Labute approximate surface area is 199 Å². The van der Waals surface area contributed by atoms with Gasteiger partial charge in [0.25, 0.3) is 0 Å². The molecule has 34 heavy (non-hydrogen) atoms. The number of carbonyl (C=O) groups is 1. The third-order valence-corrected chi connectivity index (χ3v) is 6.64. The Bertz CT molecular complexity index is 1250. The lowest BCUT2D eigenvalue weighted by atomic mass is 9.78. The third kappa shape index (κ3) is 3.96. The lowest BCUT2D eigenvalue weighted by Crippen LogP contribution is -2.26. The van der Waals surface area contributed by atoms with Crippen LogP contribution >= 0.6 is 0 Å². The maximum Gasteiger partial charge on any atom is 0.163 e. The van der Waals surface area contributed by atoms with Crippen LogP contribution in [0.25, 0.3) is 0 Å². The Balaban J connectivity index is 1.56. The van der Waals surface area contributed by atoms with Gasteiger partial charge in [-0.3, -0.25) is 4.79 Å².